The molecule has 0 fully saturated rings. The molecule has 0 aliphatic carbocycles. The minimum Gasteiger partial charge on any atom is -0.497 e. The zero-order chi connectivity index (χ0) is 33.0. The molecule has 0 radical (unpaired) electrons. The quantitative estimate of drug-likeness (QED) is 0.117. The third-order valence-electron chi connectivity index (χ3n) is 8.03. The van der Waals surface area contributed by atoms with Crippen LogP contribution in [0.15, 0.2) is 125 Å². The molecule has 0 spiro atoms. The average Bonchev–Trinajstić information content (AvgIpc) is 3.10. The first-order valence-corrected chi connectivity index (χ1v) is 17.4. The molecule has 47 heavy (non-hydrogen) atoms. The van der Waals surface area contributed by atoms with E-state index in [4.69, 9.17) is 9.47 Å². The van der Waals surface area contributed by atoms with Crippen LogP contribution in [0.5, 0.6) is 11.5 Å². The Labute approximate surface area is 280 Å². The maximum Gasteiger partial charge on any atom is 0.279 e. The van der Waals surface area contributed by atoms with Crippen LogP contribution < -0.4 is 19.3 Å². The summed E-state index contributed by atoms with van der Waals surface area (Å²) in [5, 5.41) is -1.15. The van der Waals surface area contributed by atoms with Gasteiger partial charge in [-0.05, 0) is 109 Å². The van der Waals surface area contributed by atoms with Crippen molar-refractivity contribution in [1.29, 1.82) is 0 Å². The van der Waals surface area contributed by atoms with Crippen molar-refractivity contribution in [3.05, 3.63) is 115 Å². The van der Waals surface area contributed by atoms with Crippen LogP contribution in [-0.4, -0.2) is 39.0 Å². The normalized spacial score (nSPS) is 12.6. The van der Waals surface area contributed by atoms with E-state index in [0.717, 1.165) is 60.9 Å². The summed E-state index contributed by atoms with van der Waals surface area (Å²) in [6.45, 7) is 1.95. The van der Waals surface area contributed by atoms with Crippen LogP contribution >= 0.6 is 11.8 Å². The lowest BCUT2D eigenvalue weighted by Crippen LogP contribution is -2.28. The minimum absolute atomic E-state index is 0.167. The Morgan fingerprint density at radius 3 is 1.83 bits per heavy atom. The maximum atomic E-state index is 12.0. The van der Waals surface area contributed by atoms with Gasteiger partial charge in [-0.3, -0.25) is 4.55 Å². The molecule has 1 atom stereocenters. The molecule has 0 bridgehead atoms. The molecule has 7 nitrogen and oxygen atoms in total. The van der Waals surface area contributed by atoms with Crippen LogP contribution in [0.1, 0.15) is 13.3 Å². The van der Waals surface area contributed by atoms with Gasteiger partial charge < -0.3 is 19.3 Å². The first-order chi connectivity index (χ1) is 22.8. The Bertz CT molecular complexity index is 1990. The Kier molecular flexibility index (Phi) is 9.45. The van der Waals surface area contributed by atoms with Gasteiger partial charge in [0.2, 0.25) is 0 Å². The molecular weight excluding hydrogens is 629 g/mol. The van der Waals surface area contributed by atoms with Gasteiger partial charge in [-0.2, -0.15) is 8.42 Å². The molecule has 0 aromatic heterocycles. The summed E-state index contributed by atoms with van der Waals surface area (Å²) < 4.78 is 44.5. The van der Waals surface area contributed by atoms with Crippen molar-refractivity contribution in [2.24, 2.45) is 0 Å². The van der Waals surface area contributed by atoms with Crippen LogP contribution in [0.2, 0.25) is 0 Å². The summed E-state index contributed by atoms with van der Waals surface area (Å²) in [6, 6.07) is 38.8. The lowest BCUT2D eigenvalue weighted by Gasteiger charge is -2.33. The van der Waals surface area contributed by atoms with Crippen LogP contribution in [0.25, 0.3) is 11.1 Å². The predicted octanol–water partition coefficient (Wildman–Crippen LogP) is 9.11. The smallest absolute Gasteiger partial charge is 0.279 e. The van der Waals surface area contributed by atoms with E-state index in [1.165, 1.54) is 0 Å². The molecule has 1 N–H and O–H groups in total. The number of methoxy groups -OCH3 is 2. The summed E-state index contributed by atoms with van der Waals surface area (Å²) in [5.74, 6) is 6.87. The van der Waals surface area contributed by atoms with E-state index >= 15 is 0 Å². The molecule has 5 aromatic carbocycles. The van der Waals surface area contributed by atoms with E-state index in [2.05, 4.69) is 70.2 Å². The Morgan fingerprint density at radius 1 is 0.745 bits per heavy atom. The lowest BCUT2D eigenvalue weighted by atomic mass is 10.0. The zero-order valence-electron chi connectivity index (χ0n) is 26.3. The van der Waals surface area contributed by atoms with Crippen LogP contribution in [0.3, 0.4) is 0 Å². The fourth-order valence-corrected chi connectivity index (χ4v) is 7.47. The zero-order valence-corrected chi connectivity index (χ0v) is 27.9. The Hall–Kier alpha value is -4.88. The van der Waals surface area contributed by atoms with Crippen LogP contribution in [0, 0.1) is 11.8 Å². The molecule has 9 heteroatoms. The highest BCUT2D eigenvalue weighted by Gasteiger charge is 2.27. The molecule has 0 saturated heterocycles. The second kappa shape index (κ2) is 13.9. The van der Waals surface area contributed by atoms with Crippen molar-refractivity contribution in [2.45, 2.75) is 28.4 Å². The van der Waals surface area contributed by atoms with Crippen molar-refractivity contribution in [3.8, 4) is 34.5 Å². The standard InChI is InChI=1S/C38H34N2O5S2/c1-4-7-34(47(41,42)43)24-25-39-35-8-5-6-9-37(35)46-38-26-28(12-23-36(38)39)27-10-13-29(14-11-27)40(30-15-19-32(44-2)20-16-30)31-17-21-33(45-3)22-18-31/h5-6,8-23,26,34H,24-25H2,1-3H3,(H,41,42,43). The number of para-hydroxylation sites is 1. The largest absolute Gasteiger partial charge is 0.497 e. The summed E-state index contributed by atoms with van der Waals surface area (Å²) in [4.78, 5) is 6.44. The number of anilines is 5. The summed E-state index contributed by atoms with van der Waals surface area (Å²) in [5.41, 5.74) is 7.10. The van der Waals surface area contributed by atoms with Crippen molar-refractivity contribution >= 4 is 50.3 Å². The molecule has 0 saturated carbocycles. The van der Waals surface area contributed by atoms with Crippen molar-refractivity contribution in [1.82, 2.24) is 0 Å². The third-order valence-corrected chi connectivity index (χ3v) is 10.2. The lowest BCUT2D eigenvalue weighted by molar-refractivity contribution is 0.415. The number of hydrogen-bond donors (Lipinski definition) is 1. The second-order valence-corrected chi connectivity index (χ2v) is 13.6. The highest BCUT2D eigenvalue weighted by atomic mass is 32.2. The summed E-state index contributed by atoms with van der Waals surface area (Å²) >= 11 is 1.69. The first kappa shape index (κ1) is 32.1. The molecule has 238 valence electrons. The fraction of sp³-hybridized carbons (Fsp3) is 0.158. The monoisotopic (exact) mass is 662 g/mol. The van der Waals surface area contributed by atoms with E-state index in [-0.39, 0.29) is 6.42 Å². The first-order valence-electron chi connectivity index (χ1n) is 15.0. The molecule has 5 aromatic rings. The van der Waals surface area contributed by atoms with Gasteiger partial charge in [0.15, 0.2) is 0 Å². The number of hydrogen-bond acceptors (Lipinski definition) is 7. The molecule has 1 unspecified atom stereocenters. The molecule has 1 aliphatic heterocycles. The van der Waals surface area contributed by atoms with E-state index in [9.17, 15) is 13.0 Å². The summed E-state index contributed by atoms with van der Waals surface area (Å²) in [7, 11) is -0.979. The molecule has 1 heterocycles. The van der Waals surface area contributed by atoms with Gasteiger partial charge in [-0.15, -0.1) is 5.92 Å². The highest BCUT2D eigenvalue weighted by molar-refractivity contribution is 7.99. The molecule has 0 amide bonds. The van der Waals surface area contributed by atoms with Gasteiger partial charge in [0, 0.05) is 33.4 Å². The van der Waals surface area contributed by atoms with Crippen molar-refractivity contribution in [2.75, 3.05) is 30.6 Å². The number of nitrogens with zero attached hydrogens (tertiary/aromatic N) is 2. The Morgan fingerprint density at radius 2 is 1.28 bits per heavy atom. The highest BCUT2D eigenvalue weighted by Crippen LogP contribution is 2.49. The van der Waals surface area contributed by atoms with Gasteiger partial charge in [-0.25, -0.2) is 0 Å². The van der Waals surface area contributed by atoms with Gasteiger partial charge in [0.25, 0.3) is 10.1 Å². The van der Waals surface area contributed by atoms with Crippen LogP contribution in [0.4, 0.5) is 28.4 Å². The van der Waals surface area contributed by atoms with Crippen LogP contribution in [-0.2, 0) is 10.1 Å². The molecular formula is C38H34N2O5S2. The topological polar surface area (TPSA) is 79.3 Å². The molecule has 1 aliphatic rings. The van der Waals surface area contributed by atoms with Gasteiger partial charge in [-0.1, -0.05) is 48.0 Å². The average molecular weight is 663 g/mol. The number of ether oxygens (including phenoxy) is 2. The molecule has 6 rings (SSSR count). The Balaban J connectivity index is 1.32. The van der Waals surface area contributed by atoms with Gasteiger partial charge in [0.1, 0.15) is 16.7 Å². The second-order valence-electron chi connectivity index (χ2n) is 10.9. The SMILES string of the molecule is CC#CC(CCN1c2ccccc2Sc2cc(-c3ccc(N(c4ccc(OC)cc4)c4ccc(OC)cc4)cc3)ccc21)S(=O)(=O)O. The van der Waals surface area contributed by atoms with E-state index in [1.54, 1.807) is 32.9 Å². The van der Waals surface area contributed by atoms with E-state index in [1.807, 2.05) is 66.7 Å². The van der Waals surface area contributed by atoms with Gasteiger partial charge >= 0.3 is 0 Å². The summed E-state index contributed by atoms with van der Waals surface area (Å²) in [6.07, 6.45) is 0.167. The van der Waals surface area contributed by atoms with E-state index in [0.29, 0.717) is 6.54 Å². The third kappa shape index (κ3) is 6.96. The minimum atomic E-state index is -4.30. The number of rotatable bonds is 10. The fourth-order valence-electron chi connectivity index (χ4n) is 5.67. The maximum absolute atomic E-state index is 12.0. The van der Waals surface area contributed by atoms with Gasteiger partial charge in [0.05, 0.1) is 25.6 Å². The number of benzene rings is 5. The number of fused-ring (bicyclic) bond motifs is 2. The van der Waals surface area contributed by atoms with E-state index < -0.39 is 15.4 Å². The van der Waals surface area contributed by atoms with Crippen molar-refractivity contribution < 1.29 is 22.4 Å². The predicted molar refractivity (Wildman–Crippen MR) is 191 cm³/mol. The van der Waals surface area contributed by atoms with Crippen molar-refractivity contribution in [3.63, 3.8) is 0 Å².